The van der Waals surface area contributed by atoms with Gasteiger partial charge in [0.15, 0.2) is 11.0 Å². The van der Waals surface area contributed by atoms with E-state index in [2.05, 4.69) is 78.5 Å². The number of carbonyl (C=O) groups is 1. The molecule has 6 heteroatoms. The average molecular weight is 415 g/mol. The Morgan fingerprint density at radius 1 is 1.14 bits per heavy atom. The molecule has 158 valence electrons. The summed E-state index contributed by atoms with van der Waals surface area (Å²) < 4.78 is 2.11. The molecule has 1 aliphatic heterocycles. The van der Waals surface area contributed by atoms with Crippen LogP contribution in [0.15, 0.2) is 29.4 Å². The van der Waals surface area contributed by atoms with Crippen molar-refractivity contribution in [1.82, 2.24) is 19.7 Å². The summed E-state index contributed by atoms with van der Waals surface area (Å²) in [7, 11) is 0. The third kappa shape index (κ3) is 5.03. The molecule has 1 saturated heterocycles. The molecular formula is C23H34N4OS. The maximum atomic E-state index is 12.8. The van der Waals surface area contributed by atoms with Crippen molar-refractivity contribution in [3.63, 3.8) is 0 Å². The van der Waals surface area contributed by atoms with Crippen molar-refractivity contribution in [2.45, 2.75) is 83.5 Å². The number of likely N-dealkylation sites (tertiary alicyclic amines) is 1. The standard InChI is InChI=1S/C23H34N4OS/c1-6-19-10-8-9-15-27(19)20(28)16-29-22-25-24-21(26(22)7-2)17-11-13-18(14-12-17)23(3,4)5/h11-14,19H,6-10,15-16H2,1-5H3. The van der Waals surface area contributed by atoms with Gasteiger partial charge in [-0.25, -0.2) is 0 Å². The topological polar surface area (TPSA) is 51.0 Å². The van der Waals surface area contributed by atoms with Crippen LogP contribution in [-0.4, -0.2) is 43.9 Å². The lowest BCUT2D eigenvalue weighted by Crippen LogP contribution is -2.44. The van der Waals surface area contributed by atoms with Gasteiger partial charge in [0.25, 0.3) is 0 Å². The van der Waals surface area contributed by atoms with E-state index in [0.717, 1.165) is 48.9 Å². The van der Waals surface area contributed by atoms with E-state index >= 15 is 0 Å². The minimum Gasteiger partial charge on any atom is -0.339 e. The van der Waals surface area contributed by atoms with Gasteiger partial charge in [0.05, 0.1) is 5.75 Å². The summed E-state index contributed by atoms with van der Waals surface area (Å²) in [6, 6.07) is 8.98. The largest absolute Gasteiger partial charge is 0.339 e. The second kappa shape index (κ2) is 9.33. The van der Waals surface area contributed by atoms with Crippen LogP contribution in [0.25, 0.3) is 11.4 Å². The van der Waals surface area contributed by atoms with Gasteiger partial charge in [0.2, 0.25) is 5.91 Å². The predicted octanol–water partition coefficient (Wildman–Crippen LogP) is 5.15. The van der Waals surface area contributed by atoms with Gasteiger partial charge >= 0.3 is 0 Å². The van der Waals surface area contributed by atoms with Gasteiger partial charge in [-0.15, -0.1) is 10.2 Å². The Labute approximate surface area is 179 Å². The molecule has 1 aromatic carbocycles. The highest BCUT2D eigenvalue weighted by Crippen LogP contribution is 2.28. The second-order valence-corrected chi connectivity index (χ2v) is 9.75. The van der Waals surface area contributed by atoms with Crippen LogP contribution in [0.2, 0.25) is 0 Å². The molecule has 5 nitrogen and oxygen atoms in total. The Hall–Kier alpha value is -1.82. The lowest BCUT2D eigenvalue weighted by atomic mass is 9.87. The lowest BCUT2D eigenvalue weighted by Gasteiger charge is -2.35. The predicted molar refractivity (Wildman–Crippen MR) is 120 cm³/mol. The number of piperidine rings is 1. The van der Waals surface area contributed by atoms with E-state index in [1.807, 2.05) is 0 Å². The van der Waals surface area contributed by atoms with E-state index in [1.54, 1.807) is 0 Å². The van der Waals surface area contributed by atoms with Crippen LogP contribution in [0.1, 0.15) is 65.9 Å². The van der Waals surface area contributed by atoms with Gasteiger partial charge in [-0.05, 0) is 43.6 Å². The molecule has 1 aliphatic rings. The van der Waals surface area contributed by atoms with Crippen molar-refractivity contribution in [2.75, 3.05) is 12.3 Å². The summed E-state index contributed by atoms with van der Waals surface area (Å²) in [5.74, 6) is 1.52. The van der Waals surface area contributed by atoms with E-state index in [1.165, 1.54) is 23.7 Å². The minimum atomic E-state index is 0.128. The highest BCUT2D eigenvalue weighted by atomic mass is 32.2. The number of thioether (sulfide) groups is 1. The van der Waals surface area contributed by atoms with Crippen LogP contribution >= 0.6 is 11.8 Å². The summed E-state index contributed by atoms with van der Waals surface area (Å²) in [4.78, 5) is 14.9. The quantitative estimate of drug-likeness (QED) is 0.614. The van der Waals surface area contributed by atoms with Gasteiger partial charge in [0.1, 0.15) is 0 Å². The second-order valence-electron chi connectivity index (χ2n) is 8.81. The fourth-order valence-corrected chi connectivity index (χ4v) is 4.86. The molecule has 1 amide bonds. The number of amides is 1. The molecule has 1 atom stereocenters. The number of carbonyl (C=O) groups excluding carboxylic acids is 1. The maximum Gasteiger partial charge on any atom is 0.233 e. The molecule has 1 fully saturated rings. The van der Waals surface area contributed by atoms with E-state index in [4.69, 9.17) is 0 Å². The Kier molecular flexibility index (Phi) is 7.04. The van der Waals surface area contributed by atoms with E-state index in [0.29, 0.717) is 11.8 Å². The first kappa shape index (κ1) is 21.9. The lowest BCUT2D eigenvalue weighted by molar-refractivity contribution is -0.132. The van der Waals surface area contributed by atoms with E-state index in [9.17, 15) is 4.79 Å². The fourth-order valence-electron chi connectivity index (χ4n) is 3.98. The van der Waals surface area contributed by atoms with Crippen molar-refractivity contribution in [2.24, 2.45) is 0 Å². The summed E-state index contributed by atoms with van der Waals surface area (Å²) in [6.07, 6.45) is 4.52. The van der Waals surface area contributed by atoms with Gasteiger partial charge < -0.3 is 9.47 Å². The summed E-state index contributed by atoms with van der Waals surface area (Å²) in [5.41, 5.74) is 2.49. The van der Waals surface area contributed by atoms with Crippen molar-refractivity contribution in [3.8, 4) is 11.4 Å². The third-order valence-corrected chi connectivity index (χ3v) is 6.74. The van der Waals surface area contributed by atoms with Gasteiger partial charge in [-0.1, -0.05) is 63.7 Å². The highest BCUT2D eigenvalue weighted by Gasteiger charge is 2.26. The molecule has 2 heterocycles. The third-order valence-electron chi connectivity index (χ3n) is 5.79. The van der Waals surface area contributed by atoms with Crippen molar-refractivity contribution >= 4 is 17.7 Å². The zero-order valence-electron chi connectivity index (χ0n) is 18.4. The molecule has 2 aromatic rings. The van der Waals surface area contributed by atoms with Crippen LogP contribution in [0.4, 0.5) is 0 Å². The van der Waals surface area contributed by atoms with Crippen LogP contribution in [0.5, 0.6) is 0 Å². The molecule has 1 unspecified atom stereocenters. The van der Waals surface area contributed by atoms with Crippen LogP contribution in [-0.2, 0) is 16.8 Å². The first-order chi connectivity index (χ1) is 13.8. The summed E-state index contributed by atoms with van der Waals surface area (Å²) in [6.45, 7) is 12.6. The molecule has 0 bridgehead atoms. The Balaban J connectivity index is 1.72. The van der Waals surface area contributed by atoms with Crippen molar-refractivity contribution in [3.05, 3.63) is 29.8 Å². The number of hydrogen-bond acceptors (Lipinski definition) is 4. The van der Waals surface area contributed by atoms with Crippen LogP contribution < -0.4 is 0 Å². The molecular weight excluding hydrogens is 380 g/mol. The monoisotopic (exact) mass is 414 g/mol. The van der Waals surface area contributed by atoms with Crippen molar-refractivity contribution in [1.29, 1.82) is 0 Å². The fraction of sp³-hybridized carbons (Fsp3) is 0.609. The number of benzene rings is 1. The molecule has 0 aliphatic carbocycles. The zero-order valence-corrected chi connectivity index (χ0v) is 19.3. The van der Waals surface area contributed by atoms with E-state index < -0.39 is 0 Å². The van der Waals surface area contributed by atoms with Crippen LogP contribution in [0.3, 0.4) is 0 Å². The smallest absolute Gasteiger partial charge is 0.233 e. The molecule has 3 rings (SSSR count). The minimum absolute atomic E-state index is 0.128. The number of nitrogens with zero attached hydrogens (tertiary/aromatic N) is 4. The molecule has 0 saturated carbocycles. The van der Waals surface area contributed by atoms with E-state index in [-0.39, 0.29) is 11.3 Å². The molecule has 0 N–H and O–H groups in total. The highest BCUT2D eigenvalue weighted by molar-refractivity contribution is 7.99. The average Bonchev–Trinajstić information content (AvgIpc) is 3.14. The maximum absolute atomic E-state index is 12.8. The summed E-state index contributed by atoms with van der Waals surface area (Å²) >= 11 is 1.51. The van der Waals surface area contributed by atoms with Gasteiger partial charge in [-0.2, -0.15) is 0 Å². The first-order valence-corrected chi connectivity index (χ1v) is 11.8. The van der Waals surface area contributed by atoms with Crippen molar-refractivity contribution < 1.29 is 4.79 Å². The first-order valence-electron chi connectivity index (χ1n) is 10.8. The Bertz CT molecular complexity index is 822. The number of hydrogen-bond donors (Lipinski definition) is 0. The molecule has 0 radical (unpaired) electrons. The number of rotatable bonds is 6. The SMILES string of the molecule is CCC1CCCCN1C(=O)CSc1nnc(-c2ccc(C(C)(C)C)cc2)n1CC. The zero-order chi connectivity index (χ0) is 21.0. The summed E-state index contributed by atoms with van der Waals surface area (Å²) in [5, 5.41) is 9.65. The van der Waals surface area contributed by atoms with Crippen LogP contribution in [0, 0.1) is 0 Å². The normalized spacial score (nSPS) is 17.6. The number of aromatic nitrogens is 3. The Morgan fingerprint density at radius 2 is 1.86 bits per heavy atom. The Morgan fingerprint density at radius 3 is 2.48 bits per heavy atom. The molecule has 29 heavy (non-hydrogen) atoms. The van der Waals surface area contributed by atoms with Gasteiger partial charge in [-0.3, -0.25) is 4.79 Å². The van der Waals surface area contributed by atoms with Gasteiger partial charge in [0, 0.05) is 24.7 Å². The molecule has 0 spiro atoms. The molecule has 1 aromatic heterocycles.